The minimum Gasteiger partial charge on any atom is -0.481 e. The number of amides is 1. The second-order valence-corrected chi connectivity index (χ2v) is 8.63. The molecule has 2 aromatic carbocycles. The first-order valence-corrected chi connectivity index (χ1v) is 10.5. The lowest BCUT2D eigenvalue weighted by molar-refractivity contribution is -0.122. The van der Waals surface area contributed by atoms with E-state index in [4.69, 9.17) is 16.3 Å². The molecule has 0 spiro atoms. The first-order chi connectivity index (χ1) is 12.9. The van der Waals surface area contributed by atoms with Gasteiger partial charge in [0.25, 0.3) is 5.91 Å². The van der Waals surface area contributed by atoms with Crippen molar-refractivity contribution in [1.82, 2.24) is 4.31 Å². The number of halogens is 1. The van der Waals surface area contributed by atoms with Gasteiger partial charge in [-0.2, -0.15) is 4.31 Å². The number of nitrogens with zero attached hydrogens (tertiary/aromatic N) is 1. The minimum atomic E-state index is -3.68. The first kappa shape index (κ1) is 19.7. The predicted octanol–water partition coefficient (Wildman–Crippen LogP) is 3.53. The number of rotatable bonds is 6. The molecule has 1 unspecified atom stereocenters. The zero-order chi connectivity index (χ0) is 19.4. The molecule has 2 aromatic rings. The van der Waals surface area contributed by atoms with Crippen LogP contribution in [0.25, 0.3) is 0 Å². The highest BCUT2D eigenvalue weighted by Crippen LogP contribution is 2.29. The number of anilines is 1. The average molecular weight is 409 g/mol. The van der Waals surface area contributed by atoms with Crippen LogP contribution in [0.4, 0.5) is 5.69 Å². The zero-order valence-corrected chi connectivity index (χ0v) is 16.5. The van der Waals surface area contributed by atoms with Gasteiger partial charge in [0.1, 0.15) is 10.6 Å². The summed E-state index contributed by atoms with van der Waals surface area (Å²) in [6, 6.07) is 13.4. The van der Waals surface area contributed by atoms with E-state index in [1.807, 2.05) is 18.2 Å². The third kappa shape index (κ3) is 4.61. The van der Waals surface area contributed by atoms with E-state index in [1.54, 1.807) is 25.1 Å². The quantitative estimate of drug-likeness (QED) is 0.793. The number of carbonyl (C=O) groups is 1. The second kappa shape index (κ2) is 8.29. The van der Waals surface area contributed by atoms with E-state index in [1.165, 1.54) is 16.4 Å². The van der Waals surface area contributed by atoms with Crippen LogP contribution in [0.2, 0.25) is 5.02 Å². The molecule has 0 bridgehead atoms. The highest BCUT2D eigenvalue weighted by atomic mass is 35.5. The standard InChI is InChI=1S/C19H21ClN2O4S/c1-14(26-16-7-3-2-4-8-16)19(23)21-15-9-10-17(20)18(13-15)27(24,25)22-11-5-6-12-22/h2-4,7-10,13-14H,5-6,11-12H2,1H3,(H,21,23). The minimum absolute atomic E-state index is 0.000461. The first-order valence-electron chi connectivity index (χ1n) is 8.70. The van der Waals surface area contributed by atoms with Gasteiger partial charge in [0.2, 0.25) is 10.0 Å². The molecule has 0 saturated carbocycles. The maximum Gasteiger partial charge on any atom is 0.265 e. The van der Waals surface area contributed by atoms with Crippen molar-refractivity contribution < 1.29 is 17.9 Å². The summed E-state index contributed by atoms with van der Waals surface area (Å²) in [5, 5.41) is 2.82. The van der Waals surface area contributed by atoms with Crippen molar-refractivity contribution in [2.75, 3.05) is 18.4 Å². The van der Waals surface area contributed by atoms with Gasteiger partial charge in [0, 0.05) is 18.8 Å². The SMILES string of the molecule is CC(Oc1ccccc1)C(=O)Nc1ccc(Cl)c(S(=O)(=O)N2CCCC2)c1. The van der Waals surface area contributed by atoms with Gasteiger partial charge >= 0.3 is 0 Å². The molecular weight excluding hydrogens is 388 g/mol. The van der Waals surface area contributed by atoms with Crippen LogP contribution < -0.4 is 10.1 Å². The Kier molecular flexibility index (Phi) is 6.04. The number of benzene rings is 2. The zero-order valence-electron chi connectivity index (χ0n) is 14.9. The summed E-state index contributed by atoms with van der Waals surface area (Å²) < 4.78 is 32.5. The van der Waals surface area contributed by atoms with Gasteiger partial charge in [-0.15, -0.1) is 0 Å². The molecule has 1 aliphatic rings. The van der Waals surface area contributed by atoms with Gasteiger partial charge in [0.15, 0.2) is 6.10 Å². The molecule has 0 aliphatic carbocycles. The van der Waals surface area contributed by atoms with E-state index in [-0.39, 0.29) is 15.8 Å². The molecule has 27 heavy (non-hydrogen) atoms. The molecule has 0 aromatic heterocycles. The van der Waals surface area contributed by atoms with Gasteiger partial charge in [-0.1, -0.05) is 29.8 Å². The van der Waals surface area contributed by atoms with Crippen molar-refractivity contribution in [1.29, 1.82) is 0 Å². The molecule has 1 amide bonds. The largest absolute Gasteiger partial charge is 0.481 e. The van der Waals surface area contributed by atoms with Crippen LogP contribution in [-0.4, -0.2) is 37.8 Å². The van der Waals surface area contributed by atoms with E-state index in [0.717, 1.165) is 12.8 Å². The van der Waals surface area contributed by atoms with Crippen molar-refractivity contribution in [3.8, 4) is 5.75 Å². The number of ether oxygens (including phenoxy) is 1. The fraction of sp³-hybridized carbons (Fsp3) is 0.316. The van der Waals surface area contributed by atoms with Crippen molar-refractivity contribution in [3.05, 3.63) is 53.6 Å². The van der Waals surface area contributed by atoms with Crippen LogP contribution in [0.3, 0.4) is 0 Å². The number of nitrogens with one attached hydrogen (secondary N) is 1. The Morgan fingerprint density at radius 3 is 2.48 bits per heavy atom. The fourth-order valence-electron chi connectivity index (χ4n) is 2.85. The predicted molar refractivity (Wildman–Crippen MR) is 105 cm³/mol. The van der Waals surface area contributed by atoms with Crippen LogP contribution in [0, 0.1) is 0 Å². The third-order valence-electron chi connectivity index (χ3n) is 4.31. The van der Waals surface area contributed by atoms with Gasteiger partial charge in [-0.25, -0.2) is 8.42 Å². The Morgan fingerprint density at radius 1 is 1.15 bits per heavy atom. The normalized spacial score (nSPS) is 16.1. The molecule has 1 fully saturated rings. The van der Waals surface area contributed by atoms with Crippen LogP contribution in [0.15, 0.2) is 53.4 Å². The van der Waals surface area contributed by atoms with Crippen molar-refractivity contribution >= 4 is 33.2 Å². The van der Waals surface area contributed by atoms with Gasteiger partial charge < -0.3 is 10.1 Å². The molecule has 1 saturated heterocycles. The summed E-state index contributed by atoms with van der Waals surface area (Å²) >= 11 is 6.12. The highest BCUT2D eigenvalue weighted by Gasteiger charge is 2.29. The molecular formula is C19H21ClN2O4S. The molecule has 3 rings (SSSR count). The van der Waals surface area contributed by atoms with E-state index < -0.39 is 16.1 Å². The molecule has 1 N–H and O–H groups in total. The monoisotopic (exact) mass is 408 g/mol. The summed E-state index contributed by atoms with van der Waals surface area (Å²) in [5.41, 5.74) is 0.352. The van der Waals surface area contributed by atoms with Crippen LogP contribution in [-0.2, 0) is 14.8 Å². The smallest absolute Gasteiger partial charge is 0.265 e. The van der Waals surface area contributed by atoms with Crippen LogP contribution >= 0.6 is 11.6 Å². The Bertz CT molecular complexity index is 913. The molecule has 1 aliphatic heterocycles. The Hall–Kier alpha value is -2.09. The van der Waals surface area contributed by atoms with Gasteiger partial charge in [0.05, 0.1) is 5.02 Å². The lowest BCUT2D eigenvalue weighted by Gasteiger charge is -2.18. The Morgan fingerprint density at radius 2 is 1.81 bits per heavy atom. The Labute approximate surface area is 164 Å². The van der Waals surface area contributed by atoms with Gasteiger partial charge in [-0.3, -0.25) is 4.79 Å². The molecule has 1 heterocycles. The number of carbonyl (C=O) groups excluding carboxylic acids is 1. The molecule has 0 radical (unpaired) electrons. The van der Waals surface area contributed by atoms with Crippen LogP contribution in [0.5, 0.6) is 5.75 Å². The highest BCUT2D eigenvalue weighted by molar-refractivity contribution is 7.89. The average Bonchev–Trinajstić information content (AvgIpc) is 3.19. The lowest BCUT2D eigenvalue weighted by Crippen LogP contribution is -2.30. The second-order valence-electron chi connectivity index (χ2n) is 6.32. The summed E-state index contributed by atoms with van der Waals surface area (Å²) in [5.74, 6) is 0.194. The summed E-state index contributed by atoms with van der Waals surface area (Å²) in [7, 11) is -3.68. The van der Waals surface area contributed by atoms with E-state index >= 15 is 0 Å². The molecule has 144 valence electrons. The van der Waals surface area contributed by atoms with E-state index in [9.17, 15) is 13.2 Å². The van der Waals surface area contributed by atoms with Crippen molar-refractivity contribution in [2.45, 2.75) is 30.8 Å². The Balaban J connectivity index is 1.74. The van der Waals surface area contributed by atoms with Crippen LogP contribution in [0.1, 0.15) is 19.8 Å². The topological polar surface area (TPSA) is 75.7 Å². The van der Waals surface area contributed by atoms with Crippen molar-refractivity contribution in [3.63, 3.8) is 0 Å². The number of hydrogen-bond donors (Lipinski definition) is 1. The summed E-state index contributed by atoms with van der Waals surface area (Å²) in [4.78, 5) is 12.4. The number of para-hydroxylation sites is 1. The van der Waals surface area contributed by atoms with Gasteiger partial charge in [-0.05, 0) is 50.1 Å². The maximum absolute atomic E-state index is 12.8. The third-order valence-corrected chi connectivity index (χ3v) is 6.69. The van der Waals surface area contributed by atoms with Crippen molar-refractivity contribution in [2.24, 2.45) is 0 Å². The maximum atomic E-state index is 12.8. The number of sulfonamides is 1. The van der Waals surface area contributed by atoms with E-state index in [0.29, 0.717) is 24.5 Å². The summed E-state index contributed by atoms with van der Waals surface area (Å²) in [6.45, 7) is 2.59. The molecule has 8 heteroatoms. The fourth-order valence-corrected chi connectivity index (χ4v) is 4.86. The van der Waals surface area contributed by atoms with E-state index in [2.05, 4.69) is 5.32 Å². The lowest BCUT2D eigenvalue weighted by atomic mass is 10.3. The molecule has 6 nitrogen and oxygen atoms in total. The number of hydrogen-bond acceptors (Lipinski definition) is 4. The summed E-state index contributed by atoms with van der Waals surface area (Å²) in [6.07, 6.45) is 0.921. The molecule has 1 atom stereocenters.